The molecule has 2 rings (SSSR count). The van der Waals surface area contributed by atoms with Gasteiger partial charge < -0.3 is 24.8 Å². The van der Waals surface area contributed by atoms with Crippen LogP contribution in [-0.2, 0) is 9.53 Å². The molecule has 1 aromatic heterocycles. The Morgan fingerprint density at radius 2 is 1.93 bits per heavy atom. The summed E-state index contributed by atoms with van der Waals surface area (Å²) >= 11 is 0. The number of amides is 1. The lowest BCUT2D eigenvalue weighted by atomic mass is 10.3. The maximum absolute atomic E-state index is 11.9. The molecule has 0 atom stereocenters. The van der Waals surface area contributed by atoms with Crippen LogP contribution in [0.5, 0.6) is 0 Å². The highest BCUT2D eigenvalue weighted by Crippen LogP contribution is 2.09. The summed E-state index contributed by atoms with van der Waals surface area (Å²) in [5.74, 6) is 1.51. The van der Waals surface area contributed by atoms with Crippen LogP contribution in [0.15, 0.2) is 23.5 Å². The van der Waals surface area contributed by atoms with Crippen LogP contribution in [0.2, 0.25) is 0 Å². The molecule has 0 saturated carbocycles. The van der Waals surface area contributed by atoms with Gasteiger partial charge >= 0.3 is 0 Å². The van der Waals surface area contributed by atoms with Crippen LogP contribution in [0.25, 0.3) is 0 Å². The Hall–Kier alpha value is -1.69. The number of halogens is 1. The largest absolute Gasteiger partial charge is 0.382 e. The number of carbonyl (C=O) groups is 1. The number of nitrogens with one attached hydrogen (secondary N) is 1. The van der Waals surface area contributed by atoms with Crippen molar-refractivity contribution in [1.29, 1.82) is 0 Å². The lowest BCUT2D eigenvalue weighted by Gasteiger charge is -2.36. The molecule has 0 aliphatic carbocycles. The molecular formula is C18H32IN7O2. The minimum absolute atomic E-state index is 0. The Bertz CT molecular complexity index is 593. The second-order valence-electron chi connectivity index (χ2n) is 6.43. The number of anilines is 1. The van der Waals surface area contributed by atoms with E-state index in [1.807, 2.05) is 13.0 Å². The van der Waals surface area contributed by atoms with Gasteiger partial charge in [0, 0.05) is 72.4 Å². The van der Waals surface area contributed by atoms with E-state index in [9.17, 15) is 4.79 Å². The first-order valence-corrected chi connectivity index (χ1v) is 9.45. The molecule has 1 N–H and O–H groups in total. The van der Waals surface area contributed by atoms with E-state index in [2.05, 4.69) is 30.1 Å². The van der Waals surface area contributed by atoms with Crippen molar-refractivity contribution >= 4 is 41.8 Å². The zero-order valence-electron chi connectivity index (χ0n) is 17.0. The Labute approximate surface area is 184 Å². The topological polar surface area (TPSA) is 86.2 Å². The number of piperazine rings is 1. The second kappa shape index (κ2) is 13.5. The summed E-state index contributed by atoms with van der Waals surface area (Å²) in [6.45, 7) is 7.55. The summed E-state index contributed by atoms with van der Waals surface area (Å²) in [6.07, 6.45) is 4.41. The summed E-state index contributed by atoms with van der Waals surface area (Å²) in [5, 5.41) is 3.37. The first-order chi connectivity index (χ1) is 13.1. The van der Waals surface area contributed by atoms with Crippen LogP contribution in [0.3, 0.4) is 0 Å². The van der Waals surface area contributed by atoms with E-state index in [1.54, 1.807) is 31.4 Å². The van der Waals surface area contributed by atoms with Crippen LogP contribution in [0.1, 0.15) is 13.3 Å². The van der Waals surface area contributed by atoms with Crippen LogP contribution in [0.4, 0.5) is 5.95 Å². The van der Waals surface area contributed by atoms with Gasteiger partial charge in [-0.1, -0.05) is 0 Å². The SMILES string of the molecule is CCOCCCNC(=NCC(=O)N(C)C)N1CCN(c2ncccn2)CC1.I. The molecule has 10 heteroatoms. The van der Waals surface area contributed by atoms with Crippen molar-refractivity contribution in [2.75, 3.05) is 71.5 Å². The molecule has 9 nitrogen and oxygen atoms in total. The first kappa shape index (κ1) is 24.3. The molecule has 2 heterocycles. The van der Waals surface area contributed by atoms with Crippen molar-refractivity contribution in [2.24, 2.45) is 4.99 Å². The summed E-state index contributed by atoms with van der Waals surface area (Å²) in [7, 11) is 3.48. The summed E-state index contributed by atoms with van der Waals surface area (Å²) in [4.78, 5) is 31.0. The Kier molecular flexibility index (Phi) is 11.7. The van der Waals surface area contributed by atoms with E-state index in [0.29, 0.717) is 6.61 Å². The van der Waals surface area contributed by atoms with Gasteiger partial charge in [-0.15, -0.1) is 24.0 Å². The van der Waals surface area contributed by atoms with Gasteiger partial charge in [-0.2, -0.15) is 0 Å². The van der Waals surface area contributed by atoms with Crippen LogP contribution < -0.4 is 10.2 Å². The third-order valence-electron chi connectivity index (χ3n) is 4.23. The normalized spacial score (nSPS) is 14.5. The average molecular weight is 505 g/mol. The van der Waals surface area contributed by atoms with Crippen molar-refractivity contribution < 1.29 is 9.53 Å². The number of hydrogen-bond donors (Lipinski definition) is 1. The number of rotatable bonds is 8. The highest BCUT2D eigenvalue weighted by molar-refractivity contribution is 14.0. The fourth-order valence-electron chi connectivity index (χ4n) is 2.64. The monoisotopic (exact) mass is 505 g/mol. The average Bonchev–Trinajstić information content (AvgIpc) is 2.70. The van der Waals surface area contributed by atoms with E-state index in [4.69, 9.17) is 4.74 Å². The van der Waals surface area contributed by atoms with E-state index in [-0.39, 0.29) is 36.4 Å². The zero-order valence-corrected chi connectivity index (χ0v) is 19.3. The number of aromatic nitrogens is 2. The zero-order chi connectivity index (χ0) is 19.5. The van der Waals surface area contributed by atoms with E-state index in [0.717, 1.165) is 57.7 Å². The molecule has 0 spiro atoms. The third-order valence-corrected chi connectivity index (χ3v) is 4.23. The lowest BCUT2D eigenvalue weighted by Crippen LogP contribution is -2.53. The molecule has 0 bridgehead atoms. The Balaban J connectivity index is 0.00000392. The van der Waals surface area contributed by atoms with Crippen LogP contribution in [-0.4, -0.2) is 98.2 Å². The third kappa shape index (κ3) is 8.13. The number of carbonyl (C=O) groups excluding carboxylic acids is 1. The molecule has 0 unspecified atom stereocenters. The van der Waals surface area contributed by atoms with Crippen LogP contribution in [0, 0.1) is 0 Å². The predicted molar refractivity (Wildman–Crippen MR) is 121 cm³/mol. The van der Waals surface area contributed by atoms with Gasteiger partial charge in [-0.05, 0) is 19.4 Å². The van der Waals surface area contributed by atoms with Gasteiger partial charge in [0.25, 0.3) is 0 Å². The van der Waals surface area contributed by atoms with E-state index >= 15 is 0 Å². The quantitative estimate of drug-likeness (QED) is 0.241. The smallest absolute Gasteiger partial charge is 0.243 e. The number of likely N-dealkylation sites (N-methyl/N-ethyl adjacent to an activating group) is 1. The molecule has 1 saturated heterocycles. The molecule has 158 valence electrons. The van der Waals surface area contributed by atoms with Crippen molar-refractivity contribution in [3.63, 3.8) is 0 Å². The summed E-state index contributed by atoms with van der Waals surface area (Å²) in [6, 6.07) is 1.82. The Morgan fingerprint density at radius 1 is 1.25 bits per heavy atom. The van der Waals surface area contributed by atoms with Crippen molar-refractivity contribution in [3.8, 4) is 0 Å². The minimum atomic E-state index is -0.0139. The molecule has 1 aliphatic heterocycles. The van der Waals surface area contributed by atoms with Gasteiger partial charge in [0.1, 0.15) is 6.54 Å². The van der Waals surface area contributed by atoms with Gasteiger partial charge in [0.15, 0.2) is 5.96 Å². The minimum Gasteiger partial charge on any atom is -0.382 e. The van der Waals surface area contributed by atoms with Gasteiger partial charge in [-0.3, -0.25) is 4.79 Å². The second-order valence-corrected chi connectivity index (χ2v) is 6.43. The summed E-state index contributed by atoms with van der Waals surface area (Å²) in [5.41, 5.74) is 0. The summed E-state index contributed by atoms with van der Waals surface area (Å²) < 4.78 is 5.38. The number of ether oxygens (including phenoxy) is 1. The van der Waals surface area contributed by atoms with Crippen LogP contribution >= 0.6 is 24.0 Å². The number of guanidine groups is 1. The highest BCUT2D eigenvalue weighted by atomic mass is 127. The number of aliphatic imine (C=N–C) groups is 1. The van der Waals surface area contributed by atoms with Gasteiger partial charge in [-0.25, -0.2) is 15.0 Å². The molecule has 1 aromatic rings. The number of nitrogens with zero attached hydrogens (tertiary/aromatic N) is 6. The molecule has 1 amide bonds. The molecule has 1 fully saturated rings. The Morgan fingerprint density at radius 3 is 2.54 bits per heavy atom. The van der Waals surface area contributed by atoms with Crippen molar-refractivity contribution in [3.05, 3.63) is 18.5 Å². The first-order valence-electron chi connectivity index (χ1n) is 9.45. The lowest BCUT2D eigenvalue weighted by molar-refractivity contribution is -0.127. The van der Waals surface area contributed by atoms with Crippen molar-refractivity contribution in [2.45, 2.75) is 13.3 Å². The fourth-order valence-corrected chi connectivity index (χ4v) is 2.64. The van der Waals surface area contributed by atoms with Gasteiger partial charge in [0.2, 0.25) is 11.9 Å². The fraction of sp³-hybridized carbons (Fsp3) is 0.667. The molecule has 1 aliphatic rings. The predicted octanol–water partition coefficient (Wildman–Crippen LogP) is 0.677. The molecular weight excluding hydrogens is 473 g/mol. The molecule has 0 aromatic carbocycles. The number of hydrogen-bond acceptors (Lipinski definition) is 6. The van der Waals surface area contributed by atoms with Gasteiger partial charge in [0.05, 0.1) is 0 Å². The molecule has 28 heavy (non-hydrogen) atoms. The standard InChI is InChI=1S/C18H31N7O2.HI/c1-4-27-14-6-9-21-18(22-15-16(26)23(2)3)25-12-10-24(11-13-25)17-19-7-5-8-20-17;/h5,7-8H,4,6,9-15H2,1-3H3,(H,21,22);1H. The molecule has 0 radical (unpaired) electrons. The van der Waals surface area contributed by atoms with E-state index in [1.165, 1.54) is 0 Å². The maximum atomic E-state index is 11.9. The van der Waals surface area contributed by atoms with E-state index < -0.39 is 0 Å². The highest BCUT2D eigenvalue weighted by Gasteiger charge is 2.21. The van der Waals surface area contributed by atoms with Crippen molar-refractivity contribution in [1.82, 2.24) is 25.1 Å². The maximum Gasteiger partial charge on any atom is 0.243 e.